The molecule has 11 heteroatoms. The molecule has 44 heavy (non-hydrogen) atoms. The van der Waals surface area contributed by atoms with Gasteiger partial charge < -0.3 is 15.7 Å². The van der Waals surface area contributed by atoms with E-state index in [0.717, 1.165) is 18.9 Å². The minimum Gasteiger partial charge on any atom is -0.388 e. The second-order valence-electron chi connectivity index (χ2n) is 12.0. The van der Waals surface area contributed by atoms with Crippen molar-refractivity contribution in [3.8, 4) is 28.3 Å². The van der Waals surface area contributed by atoms with Crippen LogP contribution in [-0.4, -0.2) is 54.6 Å². The molecular weight excluding hydrogens is 569 g/mol. The van der Waals surface area contributed by atoms with Gasteiger partial charge in [-0.2, -0.15) is 5.26 Å². The molecule has 3 aromatic carbocycles. The number of fused-ring (bicyclic) bond motifs is 3. The number of halogens is 3. The second-order valence-corrected chi connectivity index (χ2v) is 12.0. The number of amides is 1. The molecule has 2 bridgehead atoms. The highest BCUT2D eigenvalue weighted by Crippen LogP contribution is 2.40. The Bertz CT molecular complexity index is 1800. The van der Waals surface area contributed by atoms with Crippen LogP contribution in [0.4, 0.5) is 13.2 Å². The van der Waals surface area contributed by atoms with Crippen molar-refractivity contribution in [1.29, 1.82) is 5.26 Å². The predicted octanol–water partition coefficient (Wildman–Crippen LogP) is 5.70. The van der Waals surface area contributed by atoms with Gasteiger partial charge in [-0.15, -0.1) is 5.10 Å². The second kappa shape index (κ2) is 11.3. The van der Waals surface area contributed by atoms with Gasteiger partial charge in [0.25, 0.3) is 5.91 Å². The number of nitrogens with zero attached hydrogens (tertiary/aromatic N) is 5. The zero-order valence-corrected chi connectivity index (χ0v) is 24.5. The summed E-state index contributed by atoms with van der Waals surface area (Å²) in [5, 5.41) is 28.1. The standard InChI is InChI=1S/C33H33F3N6O2/c1-3-33(44,4-2)17-41-31-28(39-40-41)15-26(29(35)30(31)36)24-10-7-19(11-25(24)18-5-6-20(16-37)27(34)12-18)32(43)42-22-8-9-23(42)14-21(38)13-22/h5-7,10-12,15,21-23,44H,3-4,8-9,13-14,17,38H2,1-2H3/t21?,22-,23+. The minimum absolute atomic E-state index is 0.0290. The van der Waals surface area contributed by atoms with E-state index in [0.29, 0.717) is 31.2 Å². The fourth-order valence-electron chi connectivity index (χ4n) is 6.75. The summed E-state index contributed by atoms with van der Waals surface area (Å²) in [6.45, 7) is 3.53. The summed E-state index contributed by atoms with van der Waals surface area (Å²) in [5.74, 6) is -3.33. The van der Waals surface area contributed by atoms with Gasteiger partial charge in [0.05, 0.1) is 17.7 Å². The molecule has 6 rings (SSSR count). The van der Waals surface area contributed by atoms with Crippen LogP contribution in [0.2, 0.25) is 0 Å². The van der Waals surface area contributed by atoms with Crippen molar-refractivity contribution in [1.82, 2.24) is 19.9 Å². The van der Waals surface area contributed by atoms with Crippen LogP contribution in [0, 0.1) is 28.8 Å². The Labute approximate surface area is 252 Å². The maximum atomic E-state index is 16.0. The number of piperidine rings is 1. The topological polar surface area (TPSA) is 121 Å². The van der Waals surface area contributed by atoms with Gasteiger partial charge in [-0.3, -0.25) is 4.79 Å². The van der Waals surface area contributed by atoms with Gasteiger partial charge in [0.15, 0.2) is 11.6 Å². The monoisotopic (exact) mass is 602 g/mol. The number of nitriles is 1. The SMILES string of the molecule is CCC(O)(CC)Cn1nnc2cc(-c3ccc(C(=O)N4[C@@H]5CC[C@H]4CC(N)C5)cc3-c3ccc(C#N)c(F)c3)c(F)c(F)c21. The lowest BCUT2D eigenvalue weighted by atomic mass is 9.90. The normalized spacial score (nSPS) is 19.9. The van der Waals surface area contributed by atoms with E-state index in [9.17, 15) is 19.6 Å². The van der Waals surface area contributed by atoms with Crippen molar-refractivity contribution in [2.24, 2.45) is 5.73 Å². The number of aromatic nitrogens is 3. The summed E-state index contributed by atoms with van der Waals surface area (Å²) in [6, 6.07) is 11.9. The zero-order valence-electron chi connectivity index (χ0n) is 24.5. The maximum Gasteiger partial charge on any atom is 0.254 e. The van der Waals surface area contributed by atoms with E-state index in [4.69, 9.17) is 5.73 Å². The summed E-state index contributed by atoms with van der Waals surface area (Å²) in [5.41, 5.74) is 5.73. The number of benzene rings is 3. The average molecular weight is 603 g/mol. The smallest absolute Gasteiger partial charge is 0.254 e. The van der Waals surface area contributed by atoms with Crippen molar-refractivity contribution >= 4 is 16.9 Å². The molecule has 1 aromatic heterocycles. The molecule has 4 aromatic rings. The number of hydrogen-bond donors (Lipinski definition) is 2. The Balaban J connectivity index is 1.48. The molecule has 2 saturated heterocycles. The highest BCUT2D eigenvalue weighted by Gasteiger charge is 2.42. The van der Waals surface area contributed by atoms with Crippen LogP contribution < -0.4 is 5.73 Å². The number of carbonyl (C=O) groups is 1. The van der Waals surface area contributed by atoms with E-state index >= 15 is 8.78 Å². The van der Waals surface area contributed by atoms with E-state index in [1.54, 1.807) is 32.0 Å². The minimum atomic E-state index is -1.18. The molecule has 8 nitrogen and oxygen atoms in total. The molecule has 2 aliphatic rings. The highest BCUT2D eigenvalue weighted by molar-refractivity contribution is 5.99. The summed E-state index contributed by atoms with van der Waals surface area (Å²) >= 11 is 0. The lowest BCUT2D eigenvalue weighted by molar-refractivity contribution is 0.0124. The first-order chi connectivity index (χ1) is 21.1. The molecular formula is C33H33F3N6O2. The number of carbonyl (C=O) groups excluding carboxylic acids is 1. The van der Waals surface area contributed by atoms with Gasteiger partial charge in [-0.25, -0.2) is 17.9 Å². The molecule has 0 radical (unpaired) electrons. The molecule has 0 saturated carbocycles. The first-order valence-corrected chi connectivity index (χ1v) is 14.9. The Kier molecular flexibility index (Phi) is 7.68. The van der Waals surface area contributed by atoms with Crippen LogP contribution in [0.25, 0.3) is 33.3 Å². The van der Waals surface area contributed by atoms with Crippen molar-refractivity contribution in [3.63, 3.8) is 0 Å². The third-order valence-electron chi connectivity index (χ3n) is 9.40. The number of hydrogen-bond acceptors (Lipinski definition) is 6. The van der Waals surface area contributed by atoms with Crippen LogP contribution in [0.5, 0.6) is 0 Å². The van der Waals surface area contributed by atoms with Gasteiger partial charge in [0, 0.05) is 29.3 Å². The van der Waals surface area contributed by atoms with Crippen LogP contribution in [0.3, 0.4) is 0 Å². The third-order valence-corrected chi connectivity index (χ3v) is 9.40. The fraction of sp³-hybridized carbons (Fsp3) is 0.394. The molecule has 2 aliphatic heterocycles. The molecule has 3 heterocycles. The molecule has 2 fully saturated rings. The van der Waals surface area contributed by atoms with Crippen LogP contribution in [0.15, 0.2) is 42.5 Å². The number of nitrogens with two attached hydrogens (primary N) is 1. The largest absolute Gasteiger partial charge is 0.388 e. The Hall–Kier alpha value is -4.27. The summed E-state index contributed by atoms with van der Waals surface area (Å²) in [4.78, 5) is 15.7. The predicted molar refractivity (Wildman–Crippen MR) is 159 cm³/mol. The first-order valence-electron chi connectivity index (χ1n) is 14.9. The van der Waals surface area contributed by atoms with Crippen LogP contribution in [0.1, 0.15) is 68.3 Å². The van der Waals surface area contributed by atoms with Crippen molar-refractivity contribution in [2.75, 3.05) is 0 Å². The highest BCUT2D eigenvalue weighted by atomic mass is 19.2. The first kappa shape index (κ1) is 29.8. The van der Waals surface area contributed by atoms with E-state index in [1.165, 1.54) is 28.9 Å². The van der Waals surface area contributed by atoms with Gasteiger partial charge in [0.2, 0.25) is 0 Å². The molecule has 3 N–H and O–H groups in total. The zero-order chi connectivity index (χ0) is 31.3. The number of aliphatic hydroxyl groups is 1. The molecule has 1 unspecified atom stereocenters. The van der Waals surface area contributed by atoms with E-state index in [2.05, 4.69) is 10.3 Å². The molecule has 0 spiro atoms. The Morgan fingerprint density at radius 1 is 1.02 bits per heavy atom. The summed E-state index contributed by atoms with van der Waals surface area (Å²) < 4.78 is 47.7. The average Bonchev–Trinajstić information content (AvgIpc) is 3.55. The van der Waals surface area contributed by atoms with Crippen molar-refractivity contribution in [2.45, 2.75) is 82.6 Å². The van der Waals surface area contributed by atoms with Crippen molar-refractivity contribution in [3.05, 3.63) is 71.0 Å². The van der Waals surface area contributed by atoms with Crippen molar-refractivity contribution < 1.29 is 23.1 Å². The van der Waals surface area contributed by atoms with Gasteiger partial charge in [0.1, 0.15) is 22.9 Å². The van der Waals surface area contributed by atoms with E-state index in [-0.39, 0.29) is 69.4 Å². The maximum absolute atomic E-state index is 16.0. The van der Waals surface area contributed by atoms with E-state index in [1.807, 2.05) is 4.90 Å². The summed E-state index contributed by atoms with van der Waals surface area (Å²) in [7, 11) is 0. The summed E-state index contributed by atoms with van der Waals surface area (Å²) in [6.07, 6.45) is 3.94. The Morgan fingerprint density at radius 2 is 1.73 bits per heavy atom. The molecule has 0 aliphatic carbocycles. The van der Waals surface area contributed by atoms with Gasteiger partial charge >= 0.3 is 0 Å². The van der Waals surface area contributed by atoms with Crippen LogP contribution >= 0.6 is 0 Å². The molecule has 1 amide bonds. The quantitative estimate of drug-likeness (QED) is 0.280. The third kappa shape index (κ3) is 5.02. The fourth-order valence-corrected chi connectivity index (χ4v) is 6.75. The van der Waals surface area contributed by atoms with E-state index < -0.39 is 23.1 Å². The van der Waals surface area contributed by atoms with Crippen LogP contribution in [-0.2, 0) is 6.54 Å². The Morgan fingerprint density at radius 3 is 2.36 bits per heavy atom. The van der Waals surface area contributed by atoms with Gasteiger partial charge in [-0.05, 0) is 85.5 Å². The lowest BCUT2D eigenvalue weighted by Gasteiger charge is -2.38. The number of rotatable bonds is 7. The molecule has 3 atom stereocenters. The van der Waals surface area contributed by atoms with Gasteiger partial charge in [-0.1, -0.05) is 31.2 Å². The lowest BCUT2D eigenvalue weighted by Crippen LogP contribution is -2.50. The molecule has 228 valence electrons.